The van der Waals surface area contributed by atoms with E-state index in [1.165, 1.54) is 6.07 Å². The molecule has 1 atom stereocenters. The molecule has 0 saturated carbocycles. The number of aromatic nitrogens is 1. The number of halogens is 3. The number of nitrogens with zero attached hydrogens (tertiary/aromatic N) is 1. The fraction of sp³-hybridized carbons (Fsp3) is 0.273. The zero-order chi connectivity index (χ0) is 11.0. The number of benzene rings is 1. The molecule has 0 bridgehead atoms. The van der Waals surface area contributed by atoms with Gasteiger partial charge in [-0.2, -0.15) is 0 Å². The van der Waals surface area contributed by atoms with Crippen molar-refractivity contribution in [3.05, 3.63) is 35.2 Å². The molecule has 0 amide bonds. The number of hydrogen-bond donors (Lipinski definition) is 1. The van der Waals surface area contributed by atoms with E-state index in [-0.39, 0.29) is 29.3 Å². The van der Waals surface area contributed by atoms with Gasteiger partial charge in [-0.15, -0.1) is 12.4 Å². The SMILES string of the molecule is C[C@H](N)Cn1ccc2cc(F)c(Cl)cc21.Cl. The second-order valence-corrected chi connectivity index (χ2v) is 4.18. The molecule has 1 aromatic heterocycles. The number of nitrogens with two attached hydrogens (primary N) is 1. The van der Waals surface area contributed by atoms with Crippen LogP contribution in [0.25, 0.3) is 10.9 Å². The molecule has 0 aliphatic heterocycles. The van der Waals surface area contributed by atoms with Crippen LogP contribution in [-0.2, 0) is 6.54 Å². The first-order valence-electron chi connectivity index (χ1n) is 4.77. The van der Waals surface area contributed by atoms with Crippen LogP contribution in [0.15, 0.2) is 24.4 Å². The van der Waals surface area contributed by atoms with Crippen LogP contribution in [0, 0.1) is 5.82 Å². The Kier molecular flexibility index (Phi) is 4.19. The lowest BCUT2D eigenvalue weighted by Gasteiger charge is -2.08. The molecule has 1 heterocycles. The van der Waals surface area contributed by atoms with Crippen LogP contribution in [0.3, 0.4) is 0 Å². The van der Waals surface area contributed by atoms with Gasteiger partial charge in [-0.05, 0) is 25.1 Å². The summed E-state index contributed by atoms with van der Waals surface area (Å²) in [5, 5.41) is 0.990. The van der Waals surface area contributed by atoms with Crippen molar-refractivity contribution in [1.29, 1.82) is 0 Å². The molecule has 0 unspecified atom stereocenters. The number of hydrogen-bond acceptors (Lipinski definition) is 1. The molecule has 0 aliphatic rings. The van der Waals surface area contributed by atoms with Crippen LogP contribution in [0.2, 0.25) is 5.02 Å². The van der Waals surface area contributed by atoms with Crippen molar-refractivity contribution in [2.75, 3.05) is 0 Å². The summed E-state index contributed by atoms with van der Waals surface area (Å²) in [6.45, 7) is 2.63. The molecule has 0 aliphatic carbocycles. The minimum Gasteiger partial charge on any atom is -0.346 e. The summed E-state index contributed by atoms with van der Waals surface area (Å²) in [6, 6.07) is 4.99. The third-order valence-electron chi connectivity index (χ3n) is 2.30. The smallest absolute Gasteiger partial charge is 0.142 e. The van der Waals surface area contributed by atoms with Crippen LogP contribution in [0.1, 0.15) is 6.92 Å². The van der Waals surface area contributed by atoms with E-state index in [0.29, 0.717) is 6.54 Å². The lowest BCUT2D eigenvalue weighted by Crippen LogP contribution is -2.21. The maximum atomic E-state index is 13.2. The van der Waals surface area contributed by atoms with Crippen LogP contribution in [0.4, 0.5) is 4.39 Å². The Bertz CT molecular complexity index is 494. The van der Waals surface area contributed by atoms with E-state index < -0.39 is 0 Å². The predicted molar refractivity (Wildman–Crippen MR) is 67.8 cm³/mol. The average Bonchev–Trinajstić information content (AvgIpc) is 2.49. The van der Waals surface area contributed by atoms with Gasteiger partial charge in [-0.25, -0.2) is 4.39 Å². The van der Waals surface area contributed by atoms with Gasteiger partial charge in [0, 0.05) is 29.7 Å². The summed E-state index contributed by atoms with van der Waals surface area (Å²) in [5.74, 6) is -0.386. The molecular weight excluding hydrogens is 250 g/mol. The molecule has 1 aromatic carbocycles. The van der Waals surface area contributed by atoms with Crippen molar-refractivity contribution in [1.82, 2.24) is 4.57 Å². The first kappa shape index (κ1) is 13.3. The third-order valence-corrected chi connectivity index (χ3v) is 2.59. The Morgan fingerprint density at radius 3 is 2.81 bits per heavy atom. The highest BCUT2D eigenvalue weighted by Gasteiger charge is 2.07. The van der Waals surface area contributed by atoms with Gasteiger partial charge in [-0.3, -0.25) is 0 Å². The first-order valence-corrected chi connectivity index (χ1v) is 5.15. The zero-order valence-corrected chi connectivity index (χ0v) is 10.4. The van der Waals surface area contributed by atoms with Gasteiger partial charge in [0.2, 0.25) is 0 Å². The van der Waals surface area contributed by atoms with Crippen molar-refractivity contribution in [3.8, 4) is 0 Å². The normalized spacial score (nSPS) is 12.5. The largest absolute Gasteiger partial charge is 0.346 e. The molecule has 16 heavy (non-hydrogen) atoms. The molecular formula is C11H13Cl2FN2. The molecule has 0 fully saturated rings. The molecule has 5 heteroatoms. The predicted octanol–water partition coefficient (Wildman–Crippen LogP) is 3.20. The van der Waals surface area contributed by atoms with Crippen molar-refractivity contribution >= 4 is 34.9 Å². The Balaban J connectivity index is 0.00000128. The summed E-state index contributed by atoms with van der Waals surface area (Å²) in [5.41, 5.74) is 6.63. The minimum atomic E-state index is -0.386. The highest BCUT2D eigenvalue weighted by atomic mass is 35.5. The second kappa shape index (κ2) is 5.04. The Hall–Kier alpha value is -0.770. The van der Waals surface area contributed by atoms with E-state index in [2.05, 4.69) is 0 Å². The Labute approximate surface area is 105 Å². The maximum Gasteiger partial charge on any atom is 0.142 e. The van der Waals surface area contributed by atoms with Gasteiger partial charge < -0.3 is 10.3 Å². The summed E-state index contributed by atoms with van der Waals surface area (Å²) >= 11 is 5.73. The van der Waals surface area contributed by atoms with Gasteiger partial charge in [0.15, 0.2) is 0 Å². The van der Waals surface area contributed by atoms with Gasteiger partial charge >= 0.3 is 0 Å². The maximum absolute atomic E-state index is 13.2. The first-order chi connectivity index (χ1) is 7.08. The summed E-state index contributed by atoms with van der Waals surface area (Å²) in [6.07, 6.45) is 1.89. The molecule has 0 saturated heterocycles. The quantitative estimate of drug-likeness (QED) is 0.886. The number of fused-ring (bicyclic) bond motifs is 1. The molecule has 2 aromatic rings. The minimum absolute atomic E-state index is 0. The van der Waals surface area contributed by atoms with Crippen molar-refractivity contribution in [3.63, 3.8) is 0 Å². The van der Waals surface area contributed by atoms with Crippen LogP contribution in [-0.4, -0.2) is 10.6 Å². The molecule has 88 valence electrons. The van der Waals surface area contributed by atoms with Crippen LogP contribution < -0.4 is 5.73 Å². The summed E-state index contributed by atoms with van der Waals surface area (Å²) in [4.78, 5) is 0. The van der Waals surface area contributed by atoms with Gasteiger partial charge in [0.1, 0.15) is 5.82 Å². The molecule has 2 rings (SSSR count). The average molecular weight is 263 g/mol. The van der Waals surface area contributed by atoms with Crippen molar-refractivity contribution in [2.45, 2.75) is 19.5 Å². The van der Waals surface area contributed by atoms with Gasteiger partial charge in [0.25, 0.3) is 0 Å². The topological polar surface area (TPSA) is 30.9 Å². The van der Waals surface area contributed by atoms with E-state index in [4.69, 9.17) is 17.3 Å². The fourth-order valence-corrected chi connectivity index (χ4v) is 1.81. The highest BCUT2D eigenvalue weighted by Crippen LogP contribution is 2.23. The third kappa shape index (κ3) is 2.48. The lowest BCUT2D eigenvalue weighted by atomic mass is 10.2. The summed E-state index contributed by atoms with van der Waals surface area (Å²) < 4.78 is 15.1. The van der Waals surface area contributed by atoms with Crippen LogP contribution in [0.5, 0.6) is 0 Å². The van der Waals surface area contributed by atoms with E-state index in [9.17, 15) is 4.39 Å². The van der Waals surface area contributed by atoms with E-state index in [1.807, 2.05) is 23.8 Å². The van der Waals surface area contributed by atoms with Gasteiger partial charge in [-0.1, -0.05) is 11.6 Å². The highest BCUT2D eigenvalue weighted by molar-refractivity contribution is 6.31. The molecule has 0 radical (unpaired) electrons. The molecule has 2 N–H and O–H groups in total. The summed E-state index contributed by atoms with van der Waals surface area (Å²) in [7, 11) is 0. The number of rotatable bonds is 2. The lowest BCUT2D eigenvalue weighted by molar-refractivity contribution is 0.604. The monoisotopic (exact) mass is 262 g/mol. The van der Waals surface area contributed by atoms with Crippen molar-refractivity contribution in [2.24, 2.45) is 5.73 Å². The van der Waals surface area contributed by atoms with Crippen molar-refractivity contribution < 1.29 is 4.39 Å². The van der Waals surface area contributed by atoms with E-state index in [1.54, 1.807) is 6.07 Å². The second-order valence-electron chi connectivity index (χ2n) is 3.77. The fourth-order valence-electron chi connectivity index (χ4n) is 1.65. The van der Waals surface area contributed by atoms with E-state index >= 15 is 0 Å². The zero-order valence-electron chi connectivity index (χ0n) is 8.78. The standard InChI is InChI=1S/C11H12ClFN2.ClH/c1-7(14)6-15-3-2-8-4-10(13)9(12)5-11(8)15;/h2-5,7H,6,14H2,1H3;1H/t7-;/m0./s1. The molecule has 2 nitrogen and oxygen atoms in total. The van der Waals surface area contributed by atoms with Gasteiger partial charge in [0.05, 0.1) is 5.02 Å². The van der Waals surface area contributed by atoms with Crippen LogP contribution >= 0.6 is 24.0 Å². The molecule has 0 spiro atoms. The Morgan fingerprint density at radius 1 is 1.50 bits per heavy atom. The van der Waals surface area contributed by atoms with E-state index in [0.717, 1.165) is 10.9 Å². The Morgan fingerprint density at radius 2 is 2.19 bits per heavy atom.